The number of aromatic nitrogens is 3. The van der Waals surface area contributed by atoms with E-state index in [9.17, 15) is 4.39 Å². The van der Waals surface area contributed by atoms with Crippen LogP contribution in [0.4, 0.5) is 10.2 Å². The van der Waals surface area contributed by atoms with E-state index in [1.165, 1.54) is 12.1 Å². The molecule has 2 aromatic heterocycles. The second-order valence-corrected chi connectivity index (χ2v) is 3.70. The molecule has 0 atom stereocenters. The van der Waals surface area contributed by atoms with E-state index < -0.39 is 0 Å². The molecule has 0 saturated heterocycles. The lowest BCUT2D eigenvalue weighted by Crippen LogP contribution is -1.94. The van der Waals surface area contributed by atoms with Crippen molar-refractivity contribution in [1.29, 1.82) is 0 Å². The van der Waals surface area contributed by atoms with Gasteiger partial charge in [0.05, 0.1) is 11.8 Å². The first-order chi connectivity index (χ1) is 8.24. The van der Waals surface area contributed by atoms with Crippen LogP contribution in [0.2, 0.25) is 0 Å². The number of nitrogens with zero attached hydrogens (tertiary/aromatic N) is 2. The minimum Gasteiger partial charge on any atom is -0.384 e. The summed E-state index contributed by atoms with van der Waals surface area (Å²) in [6, 6.07) is 7.91. The lowest BCUT2D eigenvalue weighted by Gasteiger charge is -2.03. The number of fused-ring (bicyclic) bond motifs is 1. The molecule has 3 rings (SSSR count). The molecule has 3 N–H and O–H groups in total. The molecular formula is C12H9FN4. The number of rotatable bonds is 1. The maximum absolute atomic E-state index is 13.2. The highest BCUT2D eigenvalue weighted by molar-refractivity contribution is 5.90. The summed E-state index contributed by atoms with van der Waals surface area (Å²) in [6.07, 6.45) is 1.56. The van der Waals surface area contributed by atoms with E-state index in [2.05, 4.69) is 15.0 Å². The van der Waals surface area contributed by atoms with E-state index in [0.29, 0.717) is 22.6 Å². The molecular weight excluding hydrogens is 219 g/mol. The normalized spacial score (nSPS) is 10.9. The molecule has 4 nitrogen and oxygen atoms in total. The number of anilines is 1. The topological polar surface area (TPSA) is 67.6 Å². The molecule has 3 aromatic rings. The van der Waals surface area contributed by atoms with E-state index in [1.807, 2.05) is 0 Å². The van der Waals surface area contributed by atoms with Gasteiger partial charge in [0.25, 0.3) is 0 Å². The number of hydrogen-bond acceptors (Lipinski definition) is 3. The smallest absolute Gasteiger partial charge is 0.126 e. The van der Waals surface area contributed by atoms with Crippen LogP contribution in [-0.2, 0) is 0 Å². The number of nitrogens with two attached hydrogens (primary N) is 1. The molecule has 1 aromatic carbocycles. The van der Waals surface area contributed by atoms with E-state index in [0.717, 1.165) is 5.52 Å². The Hall–Kier alpha value is -2.43. The van der Waals surface area contributed by atoms with Crippen molar-refractivity contribution in [1.82, 2.24) is 15.0 Å². The summed E-state index contributed by atoms with van der Waals surface area (Å²) in [5.74, 6) is 0.0661. The minimum absolute atomic E-state index is 0.310. The van der Waals surface area contributed by atoms with Crippen molar-refractivity contribution in [3.8, 4) is 11.3 Å². The number of halogens is 1. The largest absolute Gasteiger partial charge is 0.384 e. The van der Waals surface area contributed by atoms with Gasteiger partial charge in [-0.25, -0.2) is 14.4 Å². The summed E-state index contributed by atoms with van der Waals surface area (Å²) in [4.78, 5) is 11.3. The number of nitrogens with one attached hydrogen (secondary N) is 1. The quantitative estimate of drug-likeness (QED) is 0.671. The summed E-state index contributed by atoms with van der Waals surface area (Å²) < 4.78 is 13.2. The van der Waals surface area contributed by atoms with Crippen LogP contribution in [0.3, 0.4) is 0 Å². The molecule has 0 fully saturated rings. The zero-order valence-corrected chi connectivity index (χ0v) is 8.81. The molecule has 17 heavy (non-hydrogen) atoms. The van der Waals surface area contributed by atoms with Crippen LogP contribution in [-0.4, -0.2) is 15.0 Å². The van der Waals surface area contributed by atoms with Crippen molar-refractivity contribution in [2.24, 2.45) is 0 Å². The van der Waals surface area contributed by atoms with Crippen LogP contribution in [0, 0.1) is 5.82 Å². The van der Waals surface area contributed by atoms with Gasteiger partial charge in [0.1, 0.15) is 22.8 Å². The first kappa shape index (κ1) is 9.77. The molecule has 0 spiro atoms. The standard InChI is InChI=1S/C12H9FN4/c13-8-3-1-2-7(4-8)11-12-9(15-6-16-12)5-10(14)17-11/h1-6H,(H2,14,17)(H,15,16). The van der Waals surface area contributed by atoms with Crippen LogP contribution in [0.1, 0.15) is 0 Å². The second kappa shape index (κ2) is 3.55. The molecule has 0 amide bonds. The maximum atomic E-state index is 13.2. The van der Waals surface area contributed by atoms with Crippen LogP contribution in [0.5, 0.6) is 0 Å². The SMILES string of the molecule is Nc1cc2[nH]cnc2c(-c2cccc(F)c2)n1. The Balaban J connectivity index is 2.32. The van der Waals surface area contributed by atoms with Gasteiger partial charge in [-0.05, 0) is 12.1 Å². The molecule has 0 radical (unpaired) electrons. The minimum atomic E-state index is -0.310. The van der Waals surface area contributed by atoms with Crippen LogP contribution < -0.4 is 5.73 Å². The Morgan fingerprint density at radius 2 is 2.12 bits per heavy atom. The summed E-state index contributed by atoms with van der Waals surface area (Å²) in [5, 5.41) is 0. The molecule has 0 aliphatic heterocycles. The predicted molar refractivity (Wildman–Crippen MR) is 63.7 cm³/mol. The zero-order valence-electron chi connectivity index (χ0n) is 8.81. The van der Waals surface area contributed by atoms with Crippen LogP contribution in [0.15, 0.2) is 36.7 Å². The third-order valence-corrected chi connectivity index (χ3v) is 2.52. The van der Waals surface area contributed by atoms with Gasteiger partial charge in [0, 0.05) is 11.6 Å². The predicted octanol–water partition coefficient (Wildman–Crippen LogP) is 2.35. The van der Waals surface area contributed by atoms with Gasteiger partial charge < -0.3 is 10.7 Å². The Morgan fingerprint density at radius 3 is 2.94 bits per heavy atom. The molecule has 5 heteroatoms. The molecule has 0 unspecified atom stereocenters. The van der Waals surface area contributed by atoms with Crippen LogP contribution in [0.25, 0.3) is 22.3 Å². The van der Waals surface area contributed by atoms with Gasteiger partial charge in [-0.3, -0.25) is 0 Å². The summed E-state index contributed by atoms with van der Waals surface area (Å²) in [5.41, 5.74) is 8.43. The van der Waals surface area contributed by atoms with Crippen molar-refractivity contribution < 1.29 is 4.39 Å². The average molecular weight is 228 g/mol. The number of nitrogen functional groups attached to an aromatic ring is 1. The molecule has 0 bridgehead atoms. The highest BCUT2D eigenvalue weighted by Gasteiger charge is 2.09. The van der Waals surface area contributed by atoms with Crippen molar-refractivity contribution in [2.75, 3.05) is 5.73 Å². The fourth-order valence-electron chi connectivity index (χ4n) is 1.80. The van der Waals surface area contributed by atoms with Crippen molar-refractivity contribution in [3.63, 3.8) is 0 Å². The zero-order chi connectivity index (χ0) is 11.8. The number of H-pyrrole nitrogens is 1. The highest BCUT2D eigenvalue weighted by Crippen LogP contribution is 2.26. The number of hydrogen-bond donors (Lipinski definition) is 2. The van der Waals surface area contributed by atoms with Gasteiger partial charge >= 0.3 is 0 Å². The Labute approximate surface area is 96.3 Å². The first-order valence-corrected chi connectivity index (χ1v) is 5.09. The molecule has 84 valence electrons. The molecule has 0 saturated carbocycles. The van der Waals surface area contributed by atoms with E-state index in [-0.39, 0.29) is 5.82 Å². The van der Waals surface area contributed by atoms with Gasteiger partial charge in [-0.2, -0.15) is 0 Å². The monoisotopic (exact) mass is 228 g/mol. The first-order valence-electron chi connectivity index (χ1n) is 5.09. The maximum Gasteiger partial charge on any atom is 0.126 e. The molecule has 2 heterocycles. The lowest BCUT2D eigenvalue weighted by molar-refractivity contribution is 0.628. The Kier molecular flexibility index (Phi) is 2.04. The van der Waals surface area contributed by atoms with E-state index >= 15 is 0 Å². The number of aromatic amines is 1. The number of pyridine rings is 1. The molecule has 0 aliphatic carbocycles. The van der Waals surface area contributed by atoms with Crippen molar-refractivity contribution in [3.05, 3.63) is 42.5 Å². The summed E-state index contributed by atoms with van der Waals surface area (Å²) >= 11 is 0. The fourth-order valence-corrected chi connectivity index (χ4v) is 1.80. The number of benzene rings is 1. The Bertz CT molecular complexity index is 690. The summed E-state index contributed by atoms with van der Waals surface area (Å²) in [7, 11) is 0. The molecule has 0 aliphatic rings. The Morgan fingerprint density at radius 1 is 1.24 bits per heavy atom. The lowest BCUT2D eigenvalue weighted by atomic mass is 10.1. The van der Waals surface area contributed by atoms with E-state index in [4.69, 9.17) is 5.73 Å². The van der Waals surface area contributed by atoms with Gasteiger partial charge in [-0.1, -0.05) is 12.1 Å². The summed E-state index contributed by atoms with van der Waals surface area (Å²) in [6.45, 7) is 0. The third-order valence-electron chi connectivity index (χ3n) is 2.52. The van der Waals surface area contributed by atoms with Crippen LogP contribution >= 0.6 is 0 Å². The van der Waals surface area contributed by atoms with Gasteiger partial charge in [0.2, 0.25) is 0 Å². The van der Waals surface area contributed by atoms with Gasteiger partial charge in [-0.15, -0.1) is 0 Å². The average Bonchev–Trinajstić information content (AvgIpc) is 2.75. The highest BCUT2D eigenvalue weighted by atomic mass is 19.1. The van der Waals surface area contributed by atoms with Crippen molar-refractivity contribution >= 4 is 16.9 Å². The van der Waals surface area contributed by atoms with Crippen molar-refractivity contribution in [2.45, 2.75) is 0 Å². The second-order valence-electron chi connectivity index (χ2n) is 3.70. The van der Waals surface area contributed by atoms with Gasteiger partial charge in [0.15, 0.2) is 0 Å². The third kappa shape index (κ3) is 1.61. The fraction of sp³-hybridized carbons (Fsp3) is 0. The van der Waals surface area contributed by atoms with E-state index in [1.54, 1.807) is 24.5 Å². The number of imidazole rings is 1.